The molecule has 2 atom stereocenters. The number of hydrogen-bond donors (Lipinski definition) is 1. The third kappa shape index (κ3) is 3.92. The van der Waals surface area contributed by atoms with Gasteiger partial charge in [0.15, 0.2) is 5.82 Å². The van der Waals surface area contributed by atoms with Crippen LogP contribution in [0.15, 0.2) is 60.9 Å². The molecule has 2 heterocycles. The molecule has 1 aromatic heterocycles. The summed E-state index contributed by atoms with van der Waals surface area (Å²) >= 11 is 0. The summed E-state index contributed by atoms with van der Waals surface area (Å²) in [6.45, 7) is 1.50. The van der Waals surface area contributed by atoms with E-state index in [4.69, 9.17) is 4.74 Å². The second-order valence-corrected chi connectivity index (χ2v) is 8.75. The predicted octanol–water partition coefficient (Wildman–Crippen LogP) is 4.62. The maximum Gasteiger partial charge on any atom is 0.164 e. The highest BCUT2D eigenvalue weighted by atomic mass is 16.5. The first kappa shape index (κ1) is 19.5. The Morgan fingerprint density at radius 1 is 1.00 bits per heavy atom. The van der Waals surface area contributed by atoms with Crippen LogP contribution in [0.1, 0.15) is 49.3 Å². The summed E-state index contributed by atoms with van der Waals surface area (Å²) in [5.41, 5.74) is 3.63. The molecular weight excluding hydrogens is 374 g/mol. The van der Waals surface area contributed by atoms with Gasteiger partial charge in [-0.05, 0) is 55.1 Å². The van der Waals surface area contributed by atoms with Gasteiger partial charge in [-0.2, -0.15) is 0 Å². The quantitative estimate of drug-likeness (QED) is 0.625. The topological polar surface area (TPSA) is 60.2 Å². The zero-order chi connectivity index (χ0) is 20.3. The largest absolute Gasteiger partial charge is 0.393 e. The number of nitrogens with zero attached hydrogens (tertiary/aromatic N) is 3. The fourth-order valence-corrected chi connectivity index (χ4v) is 5.12. The Hall–Kier alpha value is -2.50. The molecule has 3 aromatic rings. The fraction of sp³-hybridized carbons (Fsp3) is 0.440. The van der Waals surface area contributed by atoms with Crippen LogP contribution in [-0.2, 0) is 11.3 Å². The number of ether oxygens (including phenoxy) is 1. The van der Waals surface area contributed by atoms with Crippen molar-refractivity contribution in [3.63, 3.8) is 0 Å². The van der Waals surface area contributed by atoms with E-state index in [1.54, 1.807) is 6.33 Å². The van der Waals surface area contributed by atoms with Crippen LogP contribution in [0.3, 0.4) is 0 Å². The third-order valence-corrected chi connectivity index (χ3v) is 6.83. The van der Waals surface area contributed by atoms with Crippen molar-refractivity contribution in [3.8, 4) is 11.4 Å². The third-order valence-electron chi connectivity index (χ3n) is 6.83. The van der Waals surface area contributed by atoms with Gasteiger partial charge >= 0.3 is 0 Å². The molecule has 2 aromatic carbocycles. The summed E-state index contributed by atoms with van der Waals surface area (Å²) in [6.07, 6.45) is 6.64. The first-order valence-corrected chi connectivity index (χ1v) is 11.1. The van der Waals surface area contributed by atoms with Gasteiger partial charge in [-0.25, -0.2) is 0 Å². The smallest absolute Gasteiger partial charge is 0.164 e. The highest BCUT2D eigenvalue weighted by molar-refractivity contribution is 5.65. The van der Waals surface area contributed by atoms with E-state index in [1.165, 1.54) is 11.1 Å². The van der Waals surface area contributed by atoms with E-state index in [1.807, 2.05) is 12.1 Å². The van der Waals surface area contributed by atoms with Crippen LogP contribution < -0.4 is 0 Å². The Morgan fingerprint density at radius 3 is 2.60 bits per heavy atom. The second-order valence-electron chi connectivity index (χ2n) is 8.75. The van der Waals surface area contributed by atoms with E-state index in [9.17, 15) is 5.11 Å². The van der Waals surface area contributed by atoms with Gasteiger partial charge in [0.05, 0.1) is 18.8 Å². The summed E-state index contributed by atoms with van der Waals surface area (Å²) in [5, 5.41) is 19.4. The summed E-state index contributed by atoms with van der Waals surface area (Å²) in [6, 6.07) is 18.8. The molecule has 156 valence electrons. The van der Waals surface area contributed by atoms with Crippen molar-refractivity contribution >= 4 is 0 Å². The molecule has 0 spiro atoms. The number of aliphatic hydroxyl groups is 1. The van der Waals surface area contributed by atoms with Crippen LogP contribution in [0, 0.1) is 11.8 Å². The zero-order valence-corrected chi connectivity index (χ0v) is 17.2. The molecule has 0 bridgehead atoms. The minimum absolute atomic E-state index is 0.133. The van der Waals surface area contributed by atoms with Crippen LogP contribution in [0.4, 0.5) is 0 Å². The molecular formula is C25H29N3O2. The highest BCUT2D eigenvalue weighted by Crippen LogP contribution is 2.42. The molecule has 2 unspecified atom stereocenters. The SMILES string of the molecule is OC(CC1c2ccccc2-c2nncn21)C1CCC(COCc2ccccc2)CC1. The Morgan fingerprint density at radius 2 is 1.77 bits per heavy atom. The van der Waals surface area contributed by atoms with Gasteiger partial charge in [-0.3, -0.25) is 0 Å². The van der Waals surface area contributed by atoms with E-state index in [-0.39, 0.29) is 12.1 Å². The van der Waals surface area contributed by atoms with Crippen LogP contribution in [0.2, 0.25) is 0 Å². The molecule has 5 heteroatoms. The molecule has 1 aliphatic heterocycles. The number of fused-ring (bicyclic) bond motifs is 3. The number of hydrogen-bond acceptors (Lipinski definition) is 4. The van der Waals surface area contributed by atoms with Gasteiger partial charge in [0, 0.05) is 12.2 Å². The number of benzene rings is 2. The van der Waals surface area contributed by atoms with Crippen molar-refractivity contribution in [2.24, 2.45) is 11.8 Å². The first-order valence-electron chi connectivity index (χ1n) is 11.1. The monoisotopic (exact) mass is 403 g/mol. The van der Waals surface area contributed by atoms with Crippen molar-refractivity contribution in [2.45, 2.75) is 50.9 Å². The molecule has 1 saturated carbocycles. The van der Waals surface area contributed by atoms with E-state index in [0.717, 1.165) is 50.1 Å². The average molecular weight is 404 g/mol. The maximum absolute atomic E-state index is 11.0. The van der Waals surface area contributed by atoms with Gasteiger partial charge < -0.3 is 14.4 Å². The normalized spacial score (nSPS) is 23.7. The Labute approximate surface area is 177 Å². The summed E-state index contributed by atoms with van der Waals surface area (Å²) < 4.78 is 8.07. The predicted molar refractivity (Wildman–Crippen MR) is 116 cm³/mol. The van der Waals surface area contributed by atoms with Crippen LogP contribution >= 0.6 is 0 Å². The average Bonchev–Trinajstić information content (AvgIpc) is 3.38. The van der Waals surface area contributed by atoms with Crippen molar-refractivity contribution < 1.29 is 9.84 Å². The molecule has 0 amide bonds. The van der Waals surface area contributed by atoms with E-state index in [0.29, 0.717) is 18.4 Å². The maximum atomic E-state index is 11.0. The zero-order valence-electron chi connectivity index (χ0n) is 17.2. The van der Waals surface area contributed by atoms with Gasteiger partial charge in [0.1, 0.15) is 6.33 Å². The summed E-state index contributed by atoms with van der Waals surface area (Å²) in [7, 11) is 0. The summed E-state index contributed by atoms with van der Waals surface area (Å²) in [5.74, 6) is 1.89. The molecule has 30 heavy (non-hydrogen) atoms. The minimum atomic E-state index is -0.303. The number of aliphatic hydroxyl groups excluding tert-OH is 1. The lowest BCUT2D eigenvalue weighted by molar-refractivity contribution is 0.0306. The van der Waals surface area contributed by atoms with E-state index in [2.05, 4.69) is 57.2 Å². The molecule has 0 radical (unpaired) electrons. The fourth-order valence-electron chi connectivity index (χ4n) is 5.12. The number of rotatable bonds is 7. The van der Waals surface area contributed by atoms with Crippen molar-refractivity contribution in [3.05, 3.63) is 72.1 Å². The van der Waals surface area contributed by atoms with Crippen LogP contribution in [-0.4, -0.2) is 32.6 Å². The van der Waals surface area contributed by atoms with Crippen LogP contribution in [0.25, 0.3) is 11.4 Å². The Bertz CT molecular complexity index is 963. The van der Waals surface area contributed by atoms with Crippen LogP contribution in [0.5, 0.6) is 0 Å². The minimum Gasteiger partial charge on any atom is -0.393 e. The van der Waals surface area contributed by atoms with Crippen molar-refractivity contribution in [1.82, 2.24) is 14.8 Å². The number of aromatic nitrogens is 3. The molecule has 5 nitrogen and oxygen atoms in total. The summed E-state index contributed by atoms with van der Waals surface area (Å²) in [4.78, 5) is 0. The molecule has 1 aliphatic carbocycles. The lowest BCUT2D eigenvalue weighted by Gasteiger charge is -2.32. The molecule has 1 N–H and O–H groups in total. The Balaban J connectivity index is 1.13. The van der Waals surface area contributed by atoms with E-state index >= 15 is 0 Å². The van der Waals surface area contributed by atoms with Gasteiger partial charge in [0.25, 0.3) is 0 Å². The molecule has 5 rings (SSSR count). The molecule has 2 aliphatic rings. The first-order chi connectivity index (χ1) is 14.8. The Kier molecular flexibility index (Phi) is 5.65. The van der Waals surface area contributed by atoms with Crippen molar-refractivity contribution in [2.75, 3.05) is 6.61 Å². The molecule has 1 fully saturated rings. The lowest BCUT2D eigenvalue weighted by Crippen LogP contribution is -2.29. The van der Waals surface area contributed by atoms with Gasteiger partial charge in [-0.15, -0.1) is 10.2 Å². The highest BCUT2D eigenvalue weighted by Gasteiger charge is 2.34. The molecule has 0 saturated heterocycles. The van der Waals surface area contributed by atoms with E-state index < -0.39 is 0 Å². The lowest BCUT2D eigenvalue weighted by atomic mass is 9.78. The van der Waals surface area contributed by atoms with Crippen molar-refractivity contribution in [1.29, 1.82) is 0 Å². The van der Waals surface area contributed by atoms with Gasteiger partial charge in [-0.1, -0.05) is 54.6 Å². The standard InChI is InChI=1S/C25H29N3O2/c29-24(14-23-21-8-4-5-9-22(21)25-27-26-17-28(23)25)20-12-10-19(11-13-20)16-30-15-18-6-2-1-3-7-18/h1-9,17,19-20,23-24,29H,10-16H2. The second kappa shape index (κ2) is 8.70. The van der Waals surface area contributed by atoms with Gasteiger partial charge in [0.2, 0.25) is 0 Å².